The largest absolute Gasteiger partial charge is 0.378 e. The van der Waals surface area contributed by atoms with Gasteiger partial charge < -0.3 is 9.88 Å². The van der Waals surface area contributed by atoms with Crippen LogP contribution in [0.4, 0.5) is 5.69 Å². The fraction of sp³-hybridized carbons (Fsp3) is 0.312. The van der Waals surface area contributed by atoms with Crippen LogP contribution in [0.2, 0.25) is 0 Å². The first-order valence-corrected chi connectivity index (χ1v) is 6.85. The van der Waals surface area contributed by atoms with Crippen molar-refractivity contribution in [3.63, 3.8) is 0 Å². The zero-order chi connectivity index (χ0) is 14.3. The Hall–Kier alpha value is -2.23. The molecular weight excluding hydrogens is 248 g/mol. The molecule has 3 rings (SSSR count). The van der Waals surface area contributed by atoms with Gasteiger partial charge in [0.2, 0.25) is 0 Å². The van der Waals surface area contributed by atoms with Crippen LogP contribution in [-0.4, -0.2) is 14.3 Å². The summed E-state index contributed by atoms with van der Waals surface area (Å²) in [6.07, 6.45) is 2.19. The van der Waals surface area contributed by atoms with Gasteiger partial charge in [0.1, 0.15) is 0 Å². The molecule has 20 heavy (non-hydrogen) atoms. The number of fused-ring (bicyclic) bond motifs is 1. The summed E-state index contributed by atoms with van der Waals surface area (Å²) in [4.78, 5) is 0. The highest BCUT2D eigenvalue weighted by Gasteiger charge is 2.10. The summed E-state index contributed by atoms with van der Waals surface area (Å²) in [5.74, 6) is 0. The molecule has 0 saturated carbocycles. The predicted octanol–water partition coefficient (Wildman–Crippen LogP) is 3.14. The smallest absolute Gasteiger partial charge is 0.0827 e. The van der Waals surface area contributed by atoms with E-state index in [2.05, 4.69) is 59.4 Å². The third-order valence-electron chi connectivity index (χ3n) is 3.94. The molecule has 3 aromatic rings. The topological polar surface area (TPSA) is 34.8 Å². The van der Waals surface area contributed by atoms with Crippen LogP contribution < -0.4 is 5.32 Å². The van der Waals surface area contributed by atoms with Crippen LogP contribution in [0.15, 0.2) is 30.5 Å². The average molecular weight is 268 g/mol. The van der Waals surface area contributed by atoms with Crippen molar-refractivity contribution in [1.29, 1.82) is 0 Å². The van der Waals surface area contributed by atoms with Crippen LogP contribution in [0.5, 0.6) is 0 Å². The Morgan fingerprint density at radius 3 is 2.60 bits per heavy atom. The standard InChI is InChI=1S/C16H20N4/c1-11-16(12(2)20(4)18-11)17-9-13-10-19(3)15-8-6-5-7-14(13)15/h5-8,10,17H,9H2,1-4H3. The Morgan fingerprint density at radius 2 is 1.90 bits per heavy atom. The lowest BCUT2D eigenvalue weighted by molar-refractivity contribution is 0.731. The predicted molar refractivity (Wildman–Crippen MR) is 82.9 cm³/mol. The van der Waals surface area contributed by atoms with E-state index < -0.39 is 0 Å². The van der Waals surface area contributed by atoms with Gasteiger partial charge in [-0.2, -0.15) is 5.10 Å². The lowest BCUT2D eigenvalue weighted by Crippen LogP contribution is -2.01. The molecule has 104 valence electrons. The third kappa shape index (κ3) is 1.97. The summed E-state index contributed by atoms with van der Waals surface area (Å²) in [5, 5.41) is 9.27. The van der Waals surface area contributed by atoms with Crippen molar-refractivity contribution in [1.82, 2.24) is 14.3 Å². The van der Waals surface area contributed by atoms with E-state index in [1.807, 2.05) is 18.7 Å². The van der Waals surface area contributed by atoms with E-state index in [0.29, 0.717) is 0 Å². The first-order valence-electron chi connectivity index (χ1n) is 6.85. The summed E-state index contributed by atoms with van der Waals surface area (Å²) in [7, 11) is 4.07. The van der Waals surface area contributed by atoms with E-state index in [1.54, 1.807) is 0 Å². The van der Waals surface area contributed by atoms with E-state index in [-0.39, 0.29) is 0 Å². The lowest BCUT2D eigenvalue weighted by atomic mass is 10.1. The second-order valence-electron chi connectivity index (χ2n) is 5.31. The van der Waals surface area contributed by atoms with Crippen LogP contribution in [-0.2, 0) is 20.6 Å². The van der Waals surface area contributed by atoms with Crippen molar-refractivity contribution in [3.8, 4) is 0 Å². The fourth-order valence-corrected chi connectivity index (χ4v) is 2.78. The van der Waals surface area contributed by atoms with Gasteiger partial charge in [-0.3, -0.25) is 4.68 Å². The SMILES string of the molecule is Cc1nn(C)c(C)c1NCc1cn(C)c2ccccc12. The van der Waals surface area contributed by atoms with Gasteiger partial charge in [0.15, 0.2) is 0 Å². The second-order valence-corrected chi connectivity index (χ2v) is 5.31. The molecule has 2 aromatic heterocycles. The molecule has 0 aliphatic heterocycles. The quantitative estimate of drug-likeness (QED) is 0.792. The number of benzene rings is 1. The van der Waals surface area contributed by atoms with Crippen molar-refractivity contribution < 1.29 is 0 Å². The van der Waals surface area contributed by atoms with Gasteiger partial charge in [-0.25, -0.2) is 0 Å². The number of anilines is 1. The monoisotopic (exact) mass is 268 g/mol. The number of rotatable bonds is 3. The molecule has 0 unspecified atom stereocenters. The summed E-state index contributed by atoms with van der Waals surface area (Å²) in [5.41, 5.74) is 5.93. The van der Waals surface area contributed by atoms with Crippen LogP contribution >= 0.6 is 0 Å². The molecule has 0 radical (unpaired) electrons. The van der Waals surface area contributed by atoms with E-state index in [4.69, 9.17) is 0 Å². The second kappa shape index (κ2) is 4.71. The van der Waals surface area contributed by atoms with Gasteiger partial charge in [-0.05, 0) is 25.5 Å². The molecule has 0 fully saturated rings. The van der Waals surface area contributed by atoms with Crippen LogP contribution in [0.1, 0.15) is 17.0 Å². The molecule has 0 aliphatic carbocycles. The molecule has 0 saturated heterocycles. The van der Waals surface area contributed by atoms with Gasteiger partial charge in [0.25, 0.3) is 0 Å². The zero-order valence-corrected chi connectivity index (χ0v) is 12.4. The number of aromatic nitrogens is 3. The molecule has 1 aromatic carbocycles. The van der Waals surface area contributed by atoms with Crippen molar-refractivity contribution in [2.24, 2.45) is 14.1 Å². The van der Waals surface area contributed by atoms with Crippen molar-refractivity contribution >= 4 is 16.6 Å². The Morgan fingerprint density at radius 1 is 1.15 bits per heavy atom. The number of nitrogens with zero attached hydrogens (tertiary/aromatic N) is 3. The molecule has 2 heterocycles. The van der Waals surface area contributed by atoms with Crippen molar-refractivity contribution in [2.45, 2.75) is 20.4 Å². The van der Waals surface area contributed by atoms with E-state index in [9.17, 15) is 0 Å². The molecule has 0 atom stereocenters. The first kappa shape index (κ1) is 12.8. The normalized spacial score (nSPS) is 11.2. The highest BCUT2D eigenvalue weighted by Crippen LogP contribution is 2.23. The summed E-state index contributed by atoms with van der Waals surface area (Å²) in [6, 6.07) is 8.50. The minimum atomic E-state index is 0.814. The van der Waals surface area contributed by atoms with Crippen molar-refractivity contribution in [2.75, 3.05) is 5.32 Å². The van der Waals surface area contributed by atoms with Crippen LogP contribution in [0, 0.1) is 13.8 Å². The van der Waals surface area contributed by atoms with Gasteiger partial charge >= 0.3 is 0 Å². The fourth-order valence-electron chi connectivity index (χ4n) is 2.78. The molecule has 0 aliphatic rings. The van der Waals surface area contributed by atoms with Gasteiger partial charge in [-0.1, -0.05) is 18.2 Å². The summed E-state index contributed by atoms with van der Waals surface area (Å²) < 4.78 is 4.09. The maximum atomic E-state index is 4.44. The number of hydrogen-bond donors (Lipinski definition) is 1. The Bertz CT molecular complexity index is 764. The molecule has 4 heteroatoms. The average Bonchev–Trinajstić information content (AvgIpc) is 2.87. The molecule has 1 N–H and O–H groups in total. The number of aryl methyl sites for hydroxylation is 3. The Kier molecular flexibility index (Phi) is 3.01. The van der Waals surface area contributed by atoms with Gasteiger partial charge in [0, 0.05) is 37.7 Å². The van der Waals surface area contributed by atoms with Crippen LogP contribution in [0.25, 0.3) is 10.9 Å². The third-order valence-corrected chi connectivity index (χ3v) is 3.94. The Balaban J connectivity index is 1.91. The molecule has 0 spiro atoms. The van der Waals surface area contributed by atoms with E-state index >= 15 is 0 Å². The molecule has 0 amide bonds. The van der Waals surface area contributed by atoms with Gasteiger partial charge in [-0.15, -0.1) is 0 Å². The molecular formula is C16H20N4. The highest BCUT2D eigenvalue weighted by molar-refractivity contribution is 5.84. The van der Waals surface area contributed by atoms with Crippen LogP contribution in [0.3, 0.4) is 0 Å². The lowest BCUT2D eigenvalue weighted by Gasteiger charge is -2.06. The minimum absolute atomic E-state index is 0.814. The number of nitrogens with one attached hydrogen (secondary N) is 1. The summed E-state index contributed by atoms with van der Waals surface area (Å²) in [6.45, 7) is 4.94. The zero-order valence-electron chi connectivity index (χ0n) is 12.4. The number of para-hydroxylation sites is 1. The van der Waals surface area contributed by atoms with Gasteiger partial charge in [0.05, 0.1) is 17.1 Å². The first-order chi connectivity index (χ1) is 9.58. The molecule has 0 bridgehead atoms. The Labute approximate surface area is 119 Å². The molecule has 4 nitrogen and oxygen atoms in total. The maximum absolute atomic E-state index is 4.44. The van der Waals surface area contributed by atoms with Crippen molar-refractivity contribution in [3.05, 3.63) is 47.4 Å². The number of hydrogen-bond acceptors (Lipinski definition) is 2. The summed E-state index contributed by atoms with van der Waals surface area (Å²) >= 11 is 0. The minimum Gasteiger partial charge on any atom is -0.378 e. The maximum Gasteiger partial charge on any atom is 0.0827 e. The van der Waals surface area contributed by atoms with E-state index in [1.165, 1.54) is 22.2 Å². The van der Waals surface area contributed by atoms with E-state index in [0.717, 1.165) is 17.9 Å². The highest BCUT2D eigenvalue weighted by atomic mass is 15.3.